The number of hydrogen-bond acceptors (Lipinski definition) is 5. The van der Waals surface area contributed by atoms with Crippen molar-refractivity contribution in [2.24, 2.45) is 7.05 Å². The number of aryl methyl sites for hydroxylation is 1. The molecule has 1 atom stereocenters. The fourth-order valence-electron chi connectivity index (χ4n) is 2.85. The van der Waals surface area contributed by atoms with Crippen LogP contribution >= 0.6 is 0 Å². The van der Waals surface area contributed by atoms with Gasteiger partial charge in [0.1, 0.15) is 0 Å². The second kappa shape index (κ2) is 6.87. The second-order valence-electron chi connectivity index (χ2n) is 5.81. The fourth-order valence-corrected chi connectivity index (χ4v) is 4.06. The number of nitrogens with zero attached hydrogens (tertiary/aromatic N) is 2. The number of nitrogens with one attached hydrogen (secondary N) is 1. The summed E-state index contributed by atoms with van der Waals surface area (Å²) in [5.41, 5.74) is 0.969. The minimum atomic E-state index is -4.14. The van der Waals surface area contributed by atoms with Crippen molar-refractivity contribution in [1.82, 2.24) is 9.29 Å². The Labute approximate surface area is 149 Å². The predicted octanol–water partition coefficient (Wildman–Crippen LogP) is 2.10. The molecule has 3 aromatic rings. The van der Waals surface area contributed by atoms with Crippen molar-refractivity contribution < 1.29 is 18.4 Å². The lowest BCUT2D eigenvalue weighted by atomic mass is 10.1. The quantitative estimate of drug-likeness (QED) is 0.506. The summed E-state index contributed by atoms with van der Waals surface area (Å²) >= 11 is 0. The van der Waals surface area contributed by atoms with Crippen LogP contribution in [0, 0.1) is 10.1 Å². The first-order valence-electron chi connectivity index (χ1n) is 7.76. The summed E-state index contributed by atoms with van der Waals surface area (Å²) in [5.74, 6) is 0. The molecule has 1 heterocycles. The van der Waals surface area contributed by atoms with Crippen molar-refractivity contribution in [1.29, 1.82) is 0 Å². The lowest BCUT2D eigenvalue weighted by molar-refractivity contribution is -0.387. The van der Waals surface area contributed by atoms with Crippen molar-refractivity contribution >= 4 is 26.6 Å². The van der Waals surface area contributed by atoms with Gasteiger partial charge < -0.3 is 9.67 Å². The molecule has 3 rings (SSSR count). The first-order chi connectivity index (χ1) is 12.3. The van der Waals surface area contributed by atoms with Crippen LogP contribution in [0.25, 0.3) is 10.9 Å². The third-order valence-electron chi connectivity index (χ3n) is 4.10. The van der Waals surface area contributed by atoms with Gasteiger partial charge in [-0.2, -0.15) is 0 Å². The molecular weight excluding hydrogens is 358 g/mol. The van der Waals surface area contributed by atoms with E-state index in [1.54, 1.807) is 6.20 Å². The summed E-state index contributed by atoms with van der Waals surface area (Å²) in [6.07, 6.45) is 0.632. The van der Waals surface area contributed by atoms with E-state index in [0.717, 1.165) is 23.0 Å². The molecule has 8 nitrogen and oxygen atoms in total. The molecule has 0 saturated carbocycles. The molecule has 0 fully saturated rings. The van der Waals surface area contributed by atoms with Gasteiger partial charge in [-0.3, -0.25) is 10.1 Å². The van der Waals surface area contributed by atoms with E-state index < -0.39 is 31.6 Å². The highest BCUT2D eigenvalue weighted by atomic mass is 32.2. The van der Waals surface area contributed by atoms with Crippen molar-refractivity contribution in [3.8, 4) is 0 Å². The van der Waals surface area contributed by atoms with E-state index in [1.165, 1.54) is 12.1 Å². The molecule has 2 aromatic carbocycles. The highest BCUT2D eigenvalue weighted by Crippen LogP contribution is 2.27. The van der Waals surface area contributed by atoms with E-state index in [9.17, 15) is 23.6 Å². The Balaban J connectivity index is 1.85. The Bertz CT molecular complexity index is 1070. The normalized spacial score (nSPS) is 13.0. The summed E-state index contributed by atoms with van der Waals surface area (Å²) in [4.78, 5) is 9.85. The molecule has 0 amide bonds. The minimum absolute atomic E-state index is 0.303. The summed E-state index contributed by atoms with van der Waals surface area (Å²) in [5, 5.41) is 22.3. The van der Waals surface area contributed by atoms with Gasteiger partial charge in [-0.05, 0) is 12.1 Å². The van der Waals surface area contributed by atoms with Crippen LogP contribution in [-0.4, -0.2) is 29.6 Å². The molecule has 26 heavy (non-hydrogen) atoms. The number of fused-ring (bicyclic) bond motifs is 1. The SMILES string of the molecule is Cn1cc(C(O)CNS(=O)(=O)c2ccccc2[N+](=O)[O-])c2ccccc21. The van der Waals surface area contributed by atoms with Gasteiger partial charge in [0.15, 0.2) is 4.90 Å². The van der Waals surface area contributed by atoms with Gasteiger partial charge in [0.05, 0.1) is 11.0 Å². The number of aromatic nitrogens is 1. The van der Waals surface area contributed by atoms with Crippen LogP contribution in [0.15, 0.2) is 59.6 Å². The summed E-state index contributed by atoms with van der Waals surface area (Å²) in [7, 11) is -2.31. The average Bonchev–Trinajstić information content (AvgIpc) is 2.97. The molecule has 1 unspecified atom stereocenters. The van der Waals surface area contributed by atoms with E-state index in [0.29, 0.717) is 5.56 Å². The maximum Gasteiger partial charge on any atom is 0.289 e. The number of aliphatic hydroxyl groups is 1. The number of nitro groups is 1. The van der Waals surface area contributed by atoms with Gasteiger partial charge in [0.2, 0.25) is 10.0 Å². The zero-order chi connectivity index (χ0) is 18.9. The maximum atomic E-state index is 12.4. The molecule has 0 radical (unpaired) electrons. The van der Waals surface area contributed by atoms with Crippen LogP contribution in [0.5, 0.6) is 0 Å². The number of aliphatic hydroxyl groups excluding tert-OH is 1. The van der Waals surface area contributed by atoms with E-state index in [4.69, 9.17) is 0 Å². The van der Waals surface area contributed by atoms with Crippen LogP contribution in [0.2, 0.25) is 0 Å². The fraction of sp³-hybridized carbons (Fsp3) is 0.176. The molecule has 2 N–H and O–H groups in total. The minimum Gasteiger partial charge on any atom is -0.387 e. The monoisotopic (exact) mass is 375 g/mol. The van der Waals surface area contributed by atoms with Gasteiger partial charge in [0.25, 0.3) is 5.69 Å². The Kier molecular flexibility index (Phi) is 4.77. The largest absolute Gasteiger partial charge is 0.387 e. The molecule has 0 saturated heterocycles. The number of rotatable bonds is 6. The van der Waals surface area contributed by atoms with E-state index in [-0.39, 0.29) is 6.54 Å². The van der Waals surface area contributed by atoms with Crippen LogP contribution < -0.4 is 4.72 Å². The zero-order valence-electron chi connectivity index (χ0n) is 13.9. The van der Waals surface area contributed by atoms with Crippen LogP contribution in [0.1, 0.15) is 11.7 Å². The molecule has 0 aliphatic rings. The van der Waals surface area contributed by atoms with Gasteiger partial charge in [0, 0.05) is 42.3 Å². The third kappa shape index (κ3) is 3.32. The highest BCUT2D eigenvalue weighted by molar-refractivity contribution is 7.89. The van der Waals surface area contributed by atoms with Crippen molar-refractivity contribution in [3.63, 3.8) is 0 Å². The first kappa shape index (κ1) is 18.1. The van der Waals surface area contributed by atoms with Crippen LogP contribution in [-0.2, 0) is 17.1 Å². The first-order valence-corrected chi connectivity index (χ1v) is 9.24. The third-order valence-corrected chi connectivity index (χ3v) is 5.58. The predicted molar refractivity (Wildman–Crippen MR) is 96.2 cm³/mol. The number of nitro benzene ring substituents is 1. The van der Waals surface area contributed by atoms with E-state index in [1.807, 2.05) is 35.9 Å². The zero-order valence-corrected chi connectivity index (χ0v) is 14.7. The van der Waals surface area contributed by atoms with E-state index >= 15 is 0 Å². The van der Waals surface area contributed by atoms with Gasteiger partial charge >= 0.3 is 0 Å². The lowest BCUT2D eigenvalue weighted by Gasteiger charge is -2.12. The average molecular weight is 375 g/mol. The highest BCUT2D eigenvalue weighted by Gasteiger charge is 2.26. The van der Waals surface area contributed by atoms with Crippen molar-refractivity contribution in [2.75, 3.05) is 6.54 Å². The number of para-hydroxylation sites is 2. The molecule has 136 valence electrons. The Morgan fingerprint density at radius 2 is 1.85 bits per heavy atom. The Morgan fingerprint density at radius 3 is 2.58 bits per heavy atom. The van der Waals surface area contributed by atoms with Gasteiger partial charge in [-0.25, -0.2) is 13.1 Å². The Hall–Kier alpha value is -2.75. The molecule has 1 aromatic heterocycles. The Morgan fingerprint density at radius 1 is 1.19 bits per heavy atom. The molecule has 9 heteroatoms. The molecule has 0 aliphatic carbocycles. The van der Waals surface area contributed by atoms with Crippen LogP contribution in [0.4, 0.5) is 5.69 Å². The molecule has 0 bridgehead atoms. The van der Waals surface area contributed by atoms with E-state index in [2.05, 4.69) is 4.72 Å². The lowest BCUT2D eigenvalue weighted by Crippen LogP contribution is -2.29. The van der Waals surface area contributed by atoms with Crippen molar-refractivity contribution in [2.45, 2.75) is 11.0 Å². The molecule has 0 spiro atoms. The van der Waals surface area contributed by atoms with Gasteiger partial charge in [-0.15, -0.1) is 0 Å². The van der Waals surface area contributed by atoms with Gasteiger partial charge in [-0.1, -0.05) is 30.3 Å². The topological polar surface area (TPSA) is 114 Å². The smallest absolute Gasteiger partial charge is 0.289 e. The molecular formula is C17H17N3O5S. The summed E-state index contributed by atoms with van der Waals surface area (Å²) in [6.45, 7) is -0.303. The number of sulfonamides is 1. The summed E-state index contributed by atoms with van der Waals surface area (Å²) in [6, 6.07) is 12.5. The number of hydrogen-bond donors (Lipinski definition) is 2. The van der Waals surface area contributed by atoms with Crippen LogP contribution in [0.3, 0.4) is 0 Å². The summed E-state index contributed by atoms with van der Waals surface area (Å²) < 4.78 is 28.9. The second-order valence-corrected chi connectivity index (χ2v) is 7.54. The number of benzene rings is 2. The van der Waals surface area contributed by atoms with Crippen molar-refractivity contribution in [3.05, 3.63) is 70.4 Å². The maximum absolute atomic E-state index is 12.4. The molecule has 0 aliphatic heterocycles. The standard InChI is InChI=1S/C17H17N3O5S/c1-19-11-13(12-6-2-3-7-14(12)19)16(21)10-18-26(24,25)17-9-5-4-8-15(17)20(22)23/h2-9,11,16,18,21H,10H2,1H3.